The van der Waals surface area contributed by atoms with Crippen molar-refractivity contribution < 1.29 is 9.59 Å². The highest BCUT2D eigenvalue weighted by atomic mass is 16.2. The second-order valence-corrected chi connectivity index (χ2v) is 7.79. The van der Waals surface area contributed by atoms with E-state index in [4.69, 9.17) is 0 Å². The maximum absolute atomic E-state index is 12.7. The minimum atomic E-state index is -0.178. The number of hydrogen-bond donors (Lipinski definition) is 0. The van der Waals surface area contributed by atoms with Crippen LogP contribution in [0.3, 0.4) is 0 Å². The van der Waals surface area contributed by atoms with E-state index in [9.17, 15) is 9.59 Å². The van der Waals surface area contributed by atoms with Gasteiger partial charge in [-0.1, -0.05) is 58.0 Å². The second kappa shape index (κ2) is 7.82. The van der Waals surface area contributed by atoms with Gasteiger partial charge in [-0.3, -0.25) is 9.59 Å². The number of rotatable bonds is 5. The Kier molecular flexibility index (Phi) is 6.03. The summed E-state index contributed by atoms with van der Waals surface area (Å²) in [4.78, 5) is 28.6. The van der Waals surface area contributed by atoms with Crippen molar-refractivity contribution in [3.05, 3.63) is 35.9 Å². The molecular formula is C20H30N2O2. The predicted octanol–water partition coefficient (Wildman–Crippen LogP) is 3.07. The molecule has 1 aliphatic rings. The molecule has 2 amide bonds. The van der Waals surface area contributed by atoms with Gasteiger partial charge in [0.1, 0.15) is 0 Å². The minimum Gasteiger partial charge on any atom is -0.339 e. The molecule has 0 saturated carbocycles. The summed E-state index contributed by atoms with van der Waals surface area (Å²) in [7, 11) is 0. The molecule has 0 bridgehead atoms. The Balaban J connectivity index is 1.88. The first-order chi connectivity index (χ1) is 11.3. The number of piperazine rings is 1. The van der Waals surface area contributed by atoms with Gasteiger partial charge in [-0.05, 0) is 16.9 Å². The summed E-state index contributed by atoms with van der Waals surface area (Å²) in [6.07, 6.45) is 1.09. The largest absolute Gasteiger partial charge is 0.339 e. The molecule has 0 aliphatic carbocycles. The van der Waals surface area contributed by atoms with Crippen molar-refractivity contribution in [2.24, 2.45) is 5.92 Å². The van der Waals surface area contributed by atoms with Gasteiger partial charge in [-0.15, -0.1) is 0 Å². The van der Waals surface area contributed by atoms with Crippen LogP contribution in [0.15, 0.2) is 30.3 Å². The molecule has 1 aliphatic heterocycles. The molecule has 0 unspecified atom stereocenters. The standard InChI is InChI=1S/C20H30N2O2/c1-16(2)14-18(23)21-10-12-22(13-11-21)19(24)15-20(3,4)17-8-6-5-7-9-17/h5-9,16H,10-15H2,1-4H3. The molecule has 4 nitrogen and oxygen atoms in total. The molecule has 1 aromatic rings. The quantitative estimate of drug-likeness (QED) is 0.832. The zero-order valence-corrected chi connectivity index (χ0v) is 15.4. The van der Waals surface area contributed by atoms with Crippen LogP contribution in [0.4, 0.5) is 0 Å². The average molecular weight is 330 g/mol. The molecular weight excluding hydrogens is 300 g/mol. The number of nitrogens with zero attached hydrogens (tertiary/aromatic N) is 2. The molecule has 1 fully saturated rings. The lowest BCUT2D eigenvalue weighted by molar-refractivity contribution is -0.140. The normalized spacial score (nSPS) is 15.7. The summed E-state index contributed by atoms with van der Waals surface area (Å²) < 4.78 is 0. The van der Waals surface area contributed by atoms with E-state index in [-0.39, 0.29) is 17.2 Å². The van der Waals surface area contributed by atoms with E-state index < -0.39 is 0 Å². The maximum atomic E-state index is 12.7. The number of carbonyl (C=O) groups excluding carboxylic acids is 2. The van der Waals surface area contributed by atoms with Crippen LogP contribution in [-0.4, -0.2) is 47.8 Å². The molecule has 4 heteroatoms. The SMILES string of the molecule is CC(C)CC(=O)N1CCN(C(=O)CC(C)(C)c2ccccc2)CC1. The molecule has 0 N–H and O–H groups in total. The van der Waals surface area contributed by atoms with Crippen LogP contribution in [0.2, 0.25) is 0 Å². The summed E-state index contributed by atoms with van der Waals surface area (Å²) in [6.45, 7) is 10.9. The van der Waals surface area contributed by atoms with E-state index in [2.05, 4.69) is 39.8 Å². The third-order valence-electron chi connectivity index (χ3n) is 4.72. The fourth-order valence-corrected chi connectivity index (χ4v) is 3.16. The van der Waals surface area contributed by atoms with Crippen LogP contribution < -0.4 is 0 Å². The van der Waals surface area contributed by atoms with Crippen molar-refractivity contribution in [3.63, 3.8) is 0 Å². The Morgan fingerprint density at radius 1 is 0.958 bits per heavy atom. The van der Waals surface area contributed by atoms with Gasteiger partial charge in [-0.25, -0.2) is 0 Å². The highest BCUT2D eigenvalue weighted by Gasteiger charge is 2.29. The molecule has 0 radical (unpaired) electrons. The number of hydrogen-bond acceptors (Lipinski definition) is 2. The van der Waals surface area contributed by atoms with Crippen molar-refractivity contribution in [1.29, 1.82) is 0 Å². The highest BCUT2D eigenvalue weighted by Crippen LogP contribution is 2.27. The fraction of sp³-hybridized carbons (Fsp3) is 0.600. The molecule has 1 saturated heterocycles. The Morgan fingerprint density at radius 2 is 1.46 bits per heavy atom. The predicted molar refractivity (Wildman–Crippen MR) is 96.7 cm³/mol. The van der Waals surface area contributed by atoms with Crippen LogP contribution in [0.25, 0.3) is 0 Å². The summed E-state index contributed by atoms with van der Waals surface area (Å²) >= 11 is 0. The van der Waals surface area contributed by atoms with E-state index in [1.165, 1.54) is 5.56 Å². The van der Waals surface area contributed by atoms with E-state index in [0.717, 1.165) is 0 Å². The first-order valence-electron chi connectivity index (χ1n) is 8.90. The van der Waals surface area contributed by atoms with Gasteiger partial charge in [0.2, 0.25) is 11.8 Å². The van der Waals surface area contributed by atoms with Gasteiger partial charge in [0.25, 0.3) is 0 Å². The third-order valence-corrected chi connectivity index (χ3v) is 4.72. The molecule has 1 aromatic carbocycles. The Labute approximate surface area is 145 Å². The molecule has 0 spiro atoms. The number of carbonyl (C=O) groups is 2. The summed E-state index contributed by atoms with van der Waals surface area (Å²) in [5.41, 5.74) is 1.01. The van der Waals surface area contributed by atoms with E-state index in [1.54, 1.807) is 0 Å². The summed E-state index contributed by atoms with van der Waals surface area (Å²) in [6, 6.07) is 10.2. The second-order valence-electron chi connectivity index (χ2n) is 7.79. The summed E-state index contributed by atoms with van der Waals surface area (Å²) in [5, 5.41) is 0. The lowest BCUT2D eigenvalue weighted by Gasteiger charge is -2.37. The van der Waals surface area contributed by atoms with Crippen molar-refractivity contribution in [3.8, 4) is 0 Å². The number of amides is 2. The van der Waals surface area contributed by atoms with Crippen molar-refractivity contribution in [2.45, 2.75) is 46.0 Å². The van der Waals surface area contributed by atoms with Gasteiger partial charge in [-0.2, -0.15) is 0 Å². The lowest BCUT2D eigenvalue weighted by atomic mass is 9.81. The van der Waals surface area contributed by atoms with E-state index >= 15 is 0 Å². The highest BCUT2D eigenvalue weighted by molar-refractivity contribution is 5.79. The van der Waals surface area contributed by atoms with Gasteiger partial charge in [0, 0.05) is 39.0 Å². The number of benzene rings is 1. The van der Waals surface area contributed by atoms with Crippen molar-refractivity contribution >= 4 is 11.8 Å². The molecule has 132 valence electrons. The maximum Gasteiger partial charge on any atom is 0.223 e. The van der Waals surface area contributed by atoms with Crippen molar-refractivity contribution in [2.75, 3.05) is 26.2 Å². The van der Waals surface area contributed by atoms with Crippen LogP contribution in [0, 0.1) is 5.92 Å². The zero-order chi connectivity index (χ0) is 17.7. The fourth-order valence-electron chi connectivity index (χ4n) is 3.16. The van der Waals surface area contributed by atoms with E-state index in [0.29, 0.717) is 44.9 Å². The minimum absolute atomic E-state index is 0.178. The molecule has 24 heavy (non-hydrogen) atoms. The average Bonchev–Trinajstić information content (AvgIpc) is 2.55. The summed E-state index contributed by atoms with van der Waals surface area (Å²) in [5.74, 6) is 0.769. The van der Waals surface area contributed by atoms with Crippen LogP contribution in [0.1, 0.15) is 46.1 Å². The van der Waals surface area contributed by atoms with Gasteiger partial charge < -0.3 is 9.80 Å². The smallest absolute Gasteiger partial charge is 0.223 e. The lowest BCUT2D eigenvalue weighted by Crippen LogP contribution is -2.51. The first-order valence-corrected chi connectivity index (χ1v) is 8.90. The molecule has 2 rings (SSSR count). The monoisotopic (exact) mass is 330 g/mol. The zero-order valence-electron chi connectivity index (χ0n) is 15.4. The Hall–Kier alpha value is -1.84. The van der Waals surface area contributed by atoms with Gasteiger partial charge in [0.15, 0.2) is 0 Å². The van der Waals surface area contributed by atoms with Gasteiger partial charge in [0.05, 0.1) is 0 Å². The van der Waals surface area contributed by atoms with Gasteiger partial charge >= 0.3 is 0 Å². The van der Waals surface area contributed by atoms with Crippen molar-refractivity contribution in [1.82, 2.24) is 9.80 Å². The Morgan fingerprint density at radius 3 is 1.96 bits per heavy atom. The molecule has 0 aromatic heterocycles. The van der Waals surface area contributed by atoms with E-state index in [1.807, 2.05) is 28.0 Å². The molecule has 0 atom stereocenters. The first kappa shape index (κ1) is 18.5. The van der Waals surface area contributed by atoms with Crippen LogP contribution in [0.5, 0.6) is 0 Å². The van der Waals surface area contributed by atoms with Crippen LogP contribution >= 0.6 is 0 Å². The van der Waals surface area contributed by atoms with Crippen LogP contribution in [-0.2, 0) is 15.0 Å². The molecule has 1 heterocycles. The Bertz CT molecular complexity index is 558. The third kappa shape index (κ3) is 4.83. The topological polar surface area (TPSA) is 40.6 Å².